The second-order valence-corrected chi connectivity index (χ2v) is 3.60. The Morgan fingerprint density at radius 1 is 1.00 bits per heavy atom. The molecule has 0 aromatic rings. The molecule has 0 aromatic carbocycles. The summed E-state index contributed by atoms with van der Waals surface area (Å²) < 4.78 is 5.54. The van der Waals surface area contributed by atoms with Crippen LogP contribution >= 0.6 is 0 Å². The fourth-order valence-corrected chi connectivity index (χ4v) is 0.931. The highest BCUT2D eigenvalue weighted by Gasteiger charge is 1.96. The summed E-state index contributed by atoms with van der Waals surface area (Å²) in [5.41, 5.74) is 0. The van der Waals surface area contributed by atoms with Crippen LogP contribution in [0.15, 0.2) is 0 Å². The smallest absolute Gasteiger partial charge is 0.0662 e. The maximum atomic E-state index is 7.62. The molecule has 3 heteroatoms. The van der Waals surface area contributed by atoms with Gasteiger partial charge >= 0.3 is 0 Å². The van der Waals surface area contributed by atoms with Gasteiger partial charge in [0.2, 0.25) is 0 Å². The van der Waals surface area contributed by atoms with Crippen molar-refractivity contribution in [2.75, 3.05) is 19.8 Å². The van der Waals surface area contributed by atoms with Crippen molar-refractivity contribution in [2.24, 2.45) is 0 Å². The zero-order valence-electron chi connectivity index (χ0n) is 10.5. The summed E-state index contributed by atoms with van der Waals surface area (Å²) in [5, 5.41) is 15.2. The summed E-state index contributed by atoms with van der Waals surface area (Å²) in [6.07, 6.45) is 6.81. The molecule has 0 rings (SSSR count). The molecule has 0 radical (unpaired) electrons. The van der Waals surface area contributed by atoms with Gasteiger partial charge in [0.05, 0.1) is 19.3 Å². The van der Waals surface area contributed by atoms with Crippen molar-refractivity contribution < 1.29 is 14.9 Å². The van der Waals surface area contributed by atoms with Gasteiger partial charge in [-0.25, -0.2) is 0 Å². The van der Waals surface area contributed by atoms with E-state index in [9.17, 15) is 0 Å². The first kappa shape index (κ1) is 17.3. The van der Waals surface area contributed by atoms with Gasteiger partial charge in [-0.2, -0.15) is 0 Å². The molecule has 0 aliphatic rings. The average molecular weight is 220 g/mol. The third-order valence-corrected chi connectivity index (χ3v) is 2.08. The Labute approximate surface area is 94.5 Å². The van der Waals surface area contributed by atoms with E-state index in [0.717, 1.165) is 13.0 Å². The molecule has 0 saturated carbocycles. The molecule has 0 bridgehead atoms. The summed E-state index contributed by atoms with van der Waals surface area (Å²) in [4.78, 5) is 0. The molecular formula is C12H28O3. The zero-order valence-corrected chi connectivity index (χ0v) is 10.5. The minimum Gasteiger partial charge on any atom is -0.394 e. The topological polar surface area (TPSA) is 49.7 Å². The molecule has 15 heavy (non-hydrogen) atoms. The number of unbranched alkanes of at least 4 members (excludes halogenated alkanes) is 3. The van der Waals surface area contributed by atoms with Crippen LogP contribution in [0.1, 0.15) is 52.9 Å². The van der Waals surface area contributed by atoms with Crippen molar-refractivity contribution in [3.8, 4) is 0 Å². The largest absolute Gasteiger partial charge is 0.394 e. The fourth-order valence-electron chi connectivity index (χ4n) is 0.931. The van der Waals surface area contributed by atoms with Crippen LogP contribution < -0.4 is 0 Å². The van der Waals surface area contributed by atoms with Gasteiger partial charge in [0.25, 0.3) is 0 Å². The molecule has 0 spiro atoms. The van der Waals surface area contributed by atoms with E-state index in [-0.39, 0.29) is 13.2 Å². The van der Waals surface area contributed by atoms with E-state index >= 15 is 0 Å². The predicted octanol–water partition coefficient (Wildman–Crippen LogP) is 2.35. The molecule has 94 valence electrons. The van der Waals surface area contributed by atoms with E-state index < -0.39 is 0 Å². The second kappa shape index (κ2) is 16.3. The third kappa shape index (κ3) is 20.1. The van der Waals surface area contributed by atoms with E-state index in [1.807, 2.05) is 0 Å². The normalized spacial score (nSPS) is 11.8. The van der Waals surface area contributed by atoms with Gasteiger partial charge in [0.15, 0.2) is 0 Å². The van der Waals surface area contributed by atoms with E-state index in [1.54, 1.807) is 0 Å². The molecule has 0 amide bonds. The number of ether oxygens (including phenoxy) is 1. The summed E-state index contributed by atoms with van der Waals surface area (Å²) in [7, 11) is 0. The predicted molar refractivity (Wildman–Crippen MR) is 64.0 cm³/mol. The highest BCUT2D eigenvalue weighted by molar-refractivity contribution is 4.45. The van der Waals surface area contributed by atoms with Crippen molar-refractivity contribution in [3.05, 3.63) is 0 Å². The number of rotatable bonds is 8. The van der Waals surface area contributed by atoms with Gasteiger partial charge in [0.1, 0.15) is 0 Å². The Balaban J connectivity index is 0. The highest BCUT2D eigenvalue weighted by atomic mass is 16.5. The first-order chi connectivity index (χ1) is 7.22. The molecule has 0 heterocycles. The molecule has 0 aliphatic heterocycles. The standard InChI is InChI=1S/C10H22O.C2H6O2/c1-4-6-7-8-9-11-10(3)5-2;3-1-2-4/h10H,4-9H2,1-3H3;3-4H,1-2H2. The van der Waals surface area contributed by atoms with Gasteiger partial charge in [-0.05, 0) is 19.8 Å². The van der Waals surface area contributed by atoms with Crippen LogP contribution in [-0.4, -0.2) is 36.1 Å². The molecule has 0 fully saturated rings. The first-order valence-electron chi connectivity index (χ1n) is 6.06. The lowest BCUT2D eigenvalue weighted by Gasteiger charge is -2.09. The monoisotopic (exact) mass is 220 g/mol. The summed E-state index contributed by atoms with van der Waals surface area (Å²) in [5.74, 6) is 0. The van der Waals surface area contributed by atoms with Crippen LogP contribution in [0.5, 0.6) is 0 Å². The minimum atomic E-state index is -0.125. The maximum Gasteiger partial charge on any atom is 0.0662 e. The molecule has 3 nitrogen and oxygen atoms in total. The molecule has 2 N–H and O–H groups in total. The quantitative estimate of drug-likeness (QED) is 0.617. The summed E-state index contributed by atoms with van der Waals surface area (Å²) in [6, 6.07) is 0. The summed E-state index contributed by atoms with van der Waals surface area (Å²) >= 11 is 0. The van der Waals surface area contributed by atoms with Gasteiger partial charge < -0.3 is 14.9 Å². The van der Waals surface area contributed by atoms with Crippen molar-refractivity contribution in [1.29, 1.82) is 0 Å². The molecule has 1 atom stereocenters. The zero-order chi connectivity index (χ0) is 11.9. The molecule has 0 aliphatic carbocycles. The van der Waals surface area contributed by atoms with Gasteiger partial charge in [-0.15, -0.1) is 0 Å². The van der Waals surface area contributed by atoms with E-state index in [2.05, 4.69) is 20.8 Å². The number of hydrogen-bond acceptors (Lipinski definition) is 3. The maximum absolute atomic E-state index is 7.62. The van der Waals surface area contributed by atoms with Gasteiger partial charge in [-0.3, -0.25) is 0 Å². The van der Waals surface area contributed by atoms with Crippen molar-refractivity contribution >= 4 is 0 Å². The van der Waals surface area contributed by atoms with Crippen LogP contribution in [-0.2, 0) is 4.74 Å². The van der Waals surface area contributed by atoms with Crippen molar-refractivity contribution in [2.45, 2.75) is 59.0 Å². The van der Waals surface area contributed by atoms with E-state index in [4.69, 9.17) is 14.9 Å². The number of aliphatic hydroxyl groups excluding tert-OH is 2. The lowest BCUT2D eigenvalue weighted by Crippen LogP contribution is -2.07. The van der Waals surface area contributed by atoms with E-state index in [1.165, 1.54) is 25.7 Å². The average Bonchev–Trinajstić information content (AvgIpc) is 2.28. The third-order valence-electron chi connectivity index (χ3n) is 2.08. The van der Waals surface area contributed by atoms with E-state index in [0.29, 0.717) is 6.10 Å². The number of aliphatic hydroxyl groups is 2. The Kier molecular flexibility index (Phi) is 18.8. The van der Waals surface area contributed by atoms with Crippen LogP contribution in [0, 0.1) is 0 Å². The molecule has 0 saturated heterocycles. The molecule has 0 aromatic heterocycles. The Morgan fingerprint density at radius 2 is 1.60 bits per heavy atom. The lowest BCUT2D eigenvalue weighted by atomic mass is 10.2. The summed E-state index contributed by atoms with van der Waals surface area (Å²) in [6.45, 7) is 7.24. The van der Waals surface area contributed by atoms with Gasteiger partial charge in [0, 0.05) is 6.61 Å². The van der Waals surface area contributed by atoms with Crippen molar-refractivity contribution in [3.63, 3.8) is 0 Å². The molecule has 1 unspecified atom stereocenters. The van der Waals surface area contributed by atoms with Crippen LogP contribution in [0.2, 0.25) is 0 Å². The SMILES string of the molecule is CCCCCCOC(C)CC.OCCO. The van der Waals surface area contributed by atoms with Crippen molar-refractivity contribution in [1.82, 2.24) is 0 Å². The number of hydrogen-bond donors (Lipinski definition) is 2. The second-order valence-electron chi connectivity index (χ2n) is 3.60. The molecular weight excluding hydrogens is 192 g/mol. The van der Waals surface area contributed by atoms with Crippen LogP contribution in [0.25, 0.3) is 0 Å². The Bertz CT molecular complexity index is 94.9. The van der Waals surface area contributed by atoms with Crippen LogP contribution in [0.4, 0.5) is 0 Å². The first-order valence-corrected chi connectivity index (χ1v) is 6.06. The van der Waals surface area contributed by atoms with Gasteiger partial charge in [-0.1, -0.05) is 33.1 Å². The minimum absolute atomic E-state index is 0.125. The lowest BCUT2D eigenvalue weighted by molar-refractivity contribution is 0.0608. The Morgan fingerprint density at radius 3 is 2.00 bits per heavy atom. The highest BCUT2D eigenvalue weighted by Crippen LogP contribution is 2.02. The fraction of sp³-hybridized carbons (Fsp3) is 1.00. The Hall–Kier alpha value is -0.120. The van der Waals surface area contributed by atoms with Crippen LogP contribution in [0.3, 0.4) is 0 Å².